The summed E-state index contributed by atoms with van der Waals surface area (Å²) in [6, 6.07) is -0.832. The zero-order valence-electron chi connectivity index (χ0n) is 24.9. The molecule has 2 bridgehead atoms. The van der Waals surface area contributed by atoms with Crippen LogP contribution in [0.2, 0.25) is 0 Å². The van der Waals surface area contributed by atoms with E-state index in [1.807, 2.05) is 13.8 Å². The van der Waals surface area contributed by atoms with E-state index < -0.39 is 35.0 Å². The van der Waals surface area contributed by atoms with Gasteiger partial charge in [0.2, 0.25) is 11.8 Å². The number of hydrogen-bond acceptors (Lipinski definition) is 8. The molecule has 10 heteroatoms. The van der Waals surface area contributed by atoms with Gasteiger partial charge in [0.25, 0.3) is 0 Å². The molecule has 4 heterocycles. The number of nitrogens with zero attached hydrogens (tertiary/aromatic N) is 3. The summed E-state index contributed by atoms with van der Waals surface area (Å²) in [5.74, 6) is -2.38. The molecule has 0 radical (unpaired) electrons. The van der Waals surface area contributed by atoms with Crippen molar-refractivity contribution in [3.05, 3.63) is 25.3 Å². The van der Waals surface area contributed by atoms with E-state index in [1.54, 1.807) is 22.0 Å². The van der Waals surface area contributed by atoms with E-state index in [-0.39, 0.29) is 30.9 Å². The number of esters is 1. The maximum Gasteiger partial charge on any atom is 0.312 e. The molecule has 0 aromatic heterocycles. The van der Waals surface area contributed by atoms with Gasteiger partial charge >= 0.3 is 5.97 Å². The Bertz CT molecular complexity index is 969. The normalized spacial score (nSPS) is 32.7. The second kappa shape index (κ2) is 13.8. The fraction of sp³-hybridized carbons (Fsp3) is 0.774. The molecule has 4 aliphatic rings. The van der Waals surface area contributed by atoms with Crippen LogP contribution in [0.5, 0.6) is 0 Å². The van der Waals surface area contributed by atoms with E-state index >= 15 is 0 Å². The Kier molecular flexibility index (Phi) is 10.7. The molecule has 4 aliphatic heterocycles. The number of aliphatic hydroxyl groups is 1. The first-order valence-electron chi connectivity index (χ1n) is 15.3. The van der Waals surface area contributed by atoms with Crippen LogP contribution in [0, 0.1) is 17.8 Å². The van der Waals surface area contributed by atoms with Gasteiger partial charge in [-0.2, -0.15) is 0 Å². The van der Waals surface area contributed by atoms with Gasteiger partial charge in [-0.1, -0.05) is 19.1 Å². The van der Waals surface area contributed by atoms with Crippen molar-refractivity contribution >= 4 is 17.8 Å². The second-order valence-corrected chi connectivity index (χ2v) is 12.1. The van der Waals surface area contributed by atoms with E-state index in [4.69, 9.17) is 14.2 Å². The lowest BCUT2D eigenvalue weighted by Gasteiger charge is -2.38. The highest BCUT2D eigenvalue weighted by Gasteiger charge is 2.80. The van der Waals surface area contributed by atoms with Crippen molar-refractivity contribution in [3.63, 3.8) is 0 Å². The molecule has 230 valence electrons. The second-order valence-electron chi connectivity index (χ2n) is 12.1. The highest BCUT2D eigenvalue weighted by molar-refractivity contribution is 5.98. The number of hydrogen-bond donors (Lipinski definition) is 1. The fourth-order valence-electron chi connectivity index (χ4n) is 7.38. The van der Waals surface area contributed by atoms with Crippen LogP contribution in [-0.4, -0.2) is 121 Å². The first-order valence-corrected chi connectivity index (χ1v) is 15.3. The molecule has 6 atom stereocenters. The van der Waals surface area contributed by atoms with E-state index in [1.165, 1.54) is 0 Å². The molecule has 0 aromatic rings. The lowest BCUT2D eigenvalue weighted by Crippen LogP contribution is -2.57. The summed E-state index contributed by atoms with van der Waals surface area (Å²) in [5, 5.41) is 9.28. The van der Waals surface area contributed by atoms with Crippen LogP contribution in [0.1, 0.15) is 52.4 Å². The number of likely N-dealkylation sites (tertiary alicyclic amines) is 1. The molecule has 2 amide bonds. The number of morpholine rings is 1. The van der Waals surface area contributed by atoms with Crippen molar-refractivity contribution in [2.24, 2.45) is 17.8 Å². The van der Waals surface area contributed by atoms with E-state index in [2.05, 4.69) is 18.1 Å². The molecular formula is C31H49N3O7. The average Bonchev–Trinajstić information content (AvgIpc) is 3.48. The minimum absolute atomic E-state index is 0.0388. The zero-order chi connectivity index (χ0) is 29.6. The quantitative estimate of drug-likeness (QED) is 0.169. The monoisotopic (exact) mass is 575 g/mol. The molecular weight excluding hydrogens is 526 g/mol. The summed E-state index contributed by atoms with van der Waals surface area (Å²) in [5.41, 5.74) is -1.99. The molecule has 3 unspecified atom stereocenters. The predicted octanol–water partition coefficient (Wildman–Crippen LogP) is 2.02. The first kappa shape index (κ1) is 31.7. The van der Waals surface area contributed by atoms with Gasteiger partial charge in [-0.3, -0.25) is 19.3 Å². The largest absolute Gasteiger partial charge is 0.465 e. The van der Waals surface area contributed by atoms with Crippen LogP contribution in [0.15, 0.2) is 25.3 Å². The first-order chi connectivity index (χ1) is 19.7. The zero-order valence-corrected chi connectivity index (χ0v) is 24.9. The molecule has 4 fully saturated rings. The number of aliphatic hydroxyl groups excluding tert-OH is 1. The molecule has 0 saturated carbocycles. The number of rotatable bonds is 16. The smallest absolute Gasteiger partial charge is 0.312 e. The van der Waals surface area contributed by atoms with Crippen molar-refractivity contribution < 1.29 is 33.7 Å². The van der Waals surface area contributed by atoms with Crippen LogP contribution in [0.3, 0.4) is 0 Å². The van der Waals surface area contributed by atoms with E-state index in [9.17, 15) is 19.5 Å². The number of carbonyl (C=O) groups excluding carboxylic acids is 3. The Hall–Kier alpha value is -2.27. The van der Waals surface area contributed by atoms with Gasteiger partial charge in [-0.25, -0.2) is 0 Å². The molecule has 10 nitrogen and oxygen atoms in total. The summed E-state index contributed by atoms with van der Waals surface area (Å²) >= 11 is 0. The number of amides is 2. The van der Waals surface area contributed by atoms with Crippen molar-refractivity contribution in [3.8, 4) is 0 Å². The fourth-order valence-corrected chi connectivity index (χ4v) is 7.38. The van der Waals surface area contributed by atoms with Crippen molar-refractivity contribution in [2.75, 3.05) is 65.7 Å². The highest BCUT2D eigenvalue weighted by atomic mass is 16.6. The summed E-state index contributed by atoms with van der Waals surface area (Å²) in [6.07, 6.45) is 7.43. The van der Waals surface area contributed by atoms with Gasteiger partial charge in [0.15, 0.2) is 0 Å². The van der Waals surface area contributed by atoms with Gasteiger partial charge in [0, 0.05) is 45.9 Å². The number of unbranched alkanes of at least 4 members (excludes halogenated alkanes) is 3. The molecule has 41 heavy (non-hydrogen) atoms. The van der Waals surface area contributed by atoms with Gasteiger partial charge < -0.3 is 29.1 Å². The topological polar surface area (TPSA) is 109 Å². The third kappa shape index (κ3) is 6.12. The Morgan fingerprint density at radius 1 is 1.15 bits per heavy atom. The minimum atomic E-state index is -1.09. The standard InChI is InChI=1S/C31H49N3O7/c1-5-7-11-19-40-29(38)25-24-27(36)34(13-9-8-10-18-35)26(31(24)22-23(3)30(25,4)41-31)28(37)33(12-6-2)15-14-32-16-20-39-21-17-32/h5-6,23-26,35H,1-2,7-22H2,3-4H3/t23?,24-,25+,26?,30-,31?/m0/s1. The summed E-state index contributed by atoms with van der Waals surface area (Å²) in [7, 11) is 0. The number of fused-ring (bicyclic) bond motifs is 1. The lowest BCUT2D eigenvalue weighted by atomic mass is 9.62. The summed E-state index contributed by atoms with van der Waals surface area (Å²) in [4.78, 5) is 48.1. The minimum Gasteiger partial charge on any atom is -0.465 e. The number of carbonyl (C=O) groups is 3. The summed E-state index contributed by atoms with van der Waals surface area (Å²) in [6.45, 7) is 16.8. The van der Waals surface area contributed by atoms with Gasteiger partial charge in [-0.05, 0) is 51.4 Å². The average molecular weight is 576 g/mol. The Morgan fingerprint density at radius 2 is 1.90 bits per heavy atom. The number of ether oxygens (including phenoxy) is 3. The molecule has 0 aromatic carbocycles. The van der Waals surface area contributed by atoms with Gasteiger partial charge in [0.05, 0.1) is 31.3 Å². The third-order valence-corrected chi connectivity index (χ3v) is 9.61. The van der Waals surface area contributed by atoms with Crippen molar-refractivity contribution in [2.45, 2.75) is 69.6 Å². The van der Waals surface area contributed by atoms with Crippen LogP contribution in [-0.2, 0) is 28.6 Å². The van der Waals surface area contributed by atoms with Crippen LogP contribution in [0.4, 0.5) is 0 Å². The molecule has 1 N–H and O–H groups in total. The summed E-state index contributed by atoms with van der Waals surface area (Å²) < 4.78 is 18.0. The predicted molar refractivity (Wildman–Crippen MR) is 154 cm³/mol. The molecule has 0 aliphatic carbocycles. The van der Waals surface area contributed by atoms with Crippen molar-refractivity contribution in [1.29, 1.82) is 0 Å². The Balaban J connectivity index is 1.63. The van der Waals surface area contributed by atoms with Crippen LogP contribution < -0.4 is 0 Å². The third-order valence-electron chi connectivity index (χ3n) is 9.61. The molecule has 1 spiro atoms. The van der Waals surface area contributed by atoms with E-state index in [0.717, 1.165) is 25.9 Å². The maximum atomic E-state index is 14.5. The van der Waals surface area contributed by atoms with Crippen LogP contribution >= 0.6 is 0 Å². The molecule has 4 rings (SSSR count). The SMILES string of the molecule is C=CCCCOC(=O)[C@H]1[C@H]2C(=O)N(CCCCCO)C(C(=O)N(CC=C)CCN3CCOCC3)C23CC(C)[C@]1(C)O3. The van der Waals surface area contributed by atoms with Gasteiger partial charge in [0.1, 0.15) is 17.6 Å². The number of allylic oxidation sites excluding steroid dienone is 1. The highest BCUT2D eigenvalue weighted by Crippen LogP contribution is 2.65. The molecule has 4 saturated heterocycles. The Morgan fingerprint density at radius 3 is 2.59 bits per heavy atom. The van der Waals surface area contributed by atoms with Gasteiger partial charge in [-0.15, -0.1) is 13.2 Å². The van der Waals surface area contributed by atoms with Crippen LogP contribution in [0.25, 0.3) is 0 Å². The Labute approximate surface area is 244 Å². The maximum absolute atomic E-state index is 14.5. The lowest BCUT2D eigenvalue weighted by molar-refractivity contribution is -0.162. The van der Waals surface area contributed by atoms with E-state index in [0.29, 0.717) is 65.1 Å². The van der Waals surface area contributed by atoms with Crippen molar-refractivity contribution in [1.82, 2.24) is 14.7 Å².